The Morgan fingerprint density at radius 2 is 2.50 bits per heavy atom. The van der Waals surface area contributed by atoms with Gasteiger partial charge in [-0.3, -0.25) is 4.55 Å². The summed E-state index contributed by atoms with van der Waals surface area (Å²) in [6.45, 7) is 2.01. The van der Waals surface area contributed by atoms with Gasteiger partial charge in [0.1, 0.15) is 0 Å². The minimum absolute atomic E-state index is 0.531. The molecule has 1 fully saturated rings. The highest BCUT2D eigenvalue weighted by molar-refractivity contribution is 7.76. The molecule has 1 rings (SSSR count). The molecule has 0 aromatic heterocycles. The van der Waals surface area contributed by atoms with E-state index in [1.54, 1.807) is 0 Å². The predicted octanol–water partition coefficient (Wildman–Crippen LogP) is -1.01. The van der Waals surface area contributed by atoms with E-state index in [9.17, 15) is 4.21 Å². The second kappa shape index (κ2) is 2.54. The van der Waals surface area contributed by atoms with Crippen LogP contribution in [0.5, 0.6) is 0 Å². The summed E-state index contributed by atoms with van der Waals surface area (Å²) in [5, 5.41) is 2.93. The molecule has 0 spiro atoms. The highest BCUT2D eigenvalue weighted by Gasteiger charge is 2.14. The van der Waals surface area contributed by atoms with Gasteiger partial charge >= 0.3 is 0 Å². The number of rotatable bonds is 1. The van der Waals surface area contributed by atoms with Gasteiger partial charge in [-0.1, -0.05) is 0 Å². The predicted molar refractivity (Wildman–Crippen MR) is 30.3 cm³/mol. The monoisotopic (exact) mass is 136 g/mol. The van der Waals surface area contributed by atoms with Crippen LogP contribution in [0.1, 0.15) is 0 Å². The van der Waals surface area contributed by atoms with Gasteiger partial charge in [0.2, 0.25) is 11.3 Å². The molecule has 1 unspecified atom stereocenters. The summed E-state index contributed by atoms with van der Waals surface area (Å²) in [4.78, 5) is 0. The largest absolute Gasteiger partial charge is 0.302 e. The van der Waals surface area contributed by atoms with Crippen LogP contribution in [0.25, 0.3) is 0 Å². The van der Waals surface area contributed by atoms with E-state index >= 15 is 0 Å². The molecule has 5 heteroatoms. The minimum Gasteiger partial charge on any atom is -0.302 e. The van der Waals surface area contributed by atoms with E-state index in [0.717, 1.165) is 6.54 Å². The molecule has 1 aliphatic heterocycles. The summed E-state index contributed by atoms with van der Waals surface area (Å²) in [5.41, 5.74) is 0. The summed E-state index contributed by atoms with van der Waals surface area (Å²) in [6.07, 6.45) is 0. The molecule has 0 aromatic rings. The van der Waals surface area contributed by atoms with Crippen LogP contribution in [0.3, 0.4) is 0 Å². The molecule has 1 heterocycles. The summed E-state index contributed by atoms with van der Waals surface area (Å²) < 4.78 is 20.1. The topological polar surface area (TPSA) is 52.6 Å². The first-order chi connectivity index (χ1) is 3.80. The van der Waals surface area contributed by atoms with Crippen molar-refractivity contribution < 1.29 is 8.76 Å². The average Bonchev–Trinajstić information content (AvgIpc) is 2.12. The number of hydrogen-bond donors (Lipinski definition) is 2. The van der Waals surface area contributed by atoms with E-state index < -0.39 is 11.3 Å². The summed E-state index contributed by atoms with van der Waals surface area (Å²) in [7, 11) is 0. The fourth-order valence-electron chi connectivity index (χ4n) is 0.620. The average molecular weight is 136 g/mol. The van der Waals surface area contributed by atoms with Crippen molar-refractivity contribution in [2.24, 2.45) is 0 Å². The Balaban J connectivity index is 2.35. The second-order valence-electron chi connectivity index (χ2n) is 1.59. The Morgan fingerprint density at radius 1 is 1.75 bits per heavy atom. The second-order valence-corrected chi connectivity index (χ2v) is 2.57. The number of nitrogens with one attached hydrogen (secondary N) is 1. The Labute approximate surface area is 50.3 Å². The molecule has 0 radical (unpaired) electrons. The van der Waals surface area contributed by atoms with Crippen LogP contribution < -0.4 is 5.32 Å². The SMILES string of the molecule is O=S(O)N1CCNC1. The fraction of sp³-hybridized carbons (Fsp3) is 1.00. The van der Waals surface area contributed by atoms with Crippen molar-refractivity contribution in [3.8, 4) is 0 Å². The highest BCUT2D eigenvalue weighted by atomic mass is 32.2. The Hall–Kier alpha value is 0.0300. The van der Waals surface area contributed by atoms with E-state index in [1.807, 2.05) is 0 Å². The third-order valence-corrected chi connectivity index (χ3v) is 1.80. The van der Waals surface area contributed by atoms with Crippen LogP contribution in [-0.4, -0.2) is 32.8 Å². The Morgan fingerprint density at radius 3 is 2.75 bits per heavy atom. The lowest BCUT2D eigenvalue weighted by Crippen LogP contribution is -2.23. The molecule has 2 N–H and O–H groups in total. The van der Waals surface area contributed by atoms with E-state index in [2.05, 4.69) is 5.32 Å². The highest BCUT2D eigenvalue weighted by Crippen LogP contribution is 1.93. The summed E-state index contributed by atoms with van der Waals surface area (Å²) in [5.74, 6) is 0. The first-order valence-corrected chi connectivity index (χ1v) is 3.44. The van der Waals surface area contributed by atoms with Crippen molar-refractivity contribution in [1.82, 2.24) is 9.62 Å². The van der Waals surface area contributed by atoms with Gasteiger partial charge in [0.15, 0.2) is 0 Å². The first-order valence-electron chi connectivity index (χ1n) is 2.37. The van der Waals surface area contributed by atoms with Gasteiger partial charge in [-0.2, -0.15) is 4.31 Å². The zero-order chi connectivity index (χ0) is 5.98. The van der Waals surface area contributed by atoms with Crippen molar-refractivity contribution >= 4 is 11.3 Å². The molecule has 0 bridgehead atoms. The Bertz CT molecular complexity index is 101. The molecule has 0 saturated carbocycles. The Kier molecular flexibility index (Phi) is 1.95. The normalized spacial score (nSPS) is 26.1. The van der Waals surface area contributed by atoms with Crippen LogP contribution in [0.2, 0.25) is 0 Å². The molecule has 4 nitrogen and oxygen atoms in total. The van der Waals surface area contributed by atoms with E-state index in [1.165, 1.54) is 4.31 Å². The van der Waals surface area contributed by atoms with Gasteiger partial charge in [-0.25, -0.2) is 4.21 Å². The van der Waals surface area contributed by atoms with E-state index in [0.29, 0.717) is 13.2 Å². The summed E-state index contributed by atoms with van der Waals surface area (Å²) >= 11 is -1.77. The molecule has 8 heavy (non-hydrogen) atoms. The lowest BCUT2D eigenvalue weighted by atomic mass is 10.7. The van der Waals surface area contributed by atoms with Gasteiger partial charge in [0, 0.05) is 13.1 Å². The quantitative estimate of drug-likeness (QED) is 0.454. The van der Waals surface area contributed by atoms with E-state index in [4.69, 9.17) is 4.55 Å². The molecule has 0 aliphatic carbocycles. The van der Waals surface area contributed by atoms with Gasteiger partial charge < -0.3 is 5.32 Å². The number of nitrogens with zero attached hydrogens (tertiary/aromatic N) is 1. The maximum atomic E-state index is 10.2. The fourth-order valence-corrected chi connectivity index (χ4v) is 1.07. The lowest BCUT2D eigenvalue weighted by molar-refractivity contribution is 0.450. The van der Waals surface area contributed by atoms with Crippen molar-refractivity contribution in [1.29, 1.82) is 0 Å². The van der Waals surface area contributed by atoms with E-state index in [-0.39, 0.29) is 0 Å². The van der Waals surface area contributed by atoms with Crippen molar-refractivity contribution in [3.63, 3.8) is 0 Å². The van der Waals surface area contributed by atoms with Crippen molar-refractivity contribution in [2.45, 2.75) is 0 Å². The van der Waals surface area contributed by atoms with Gasteiger partial charge in [-0.05, 0) is 0 Å². The standard InChI is InChI=1S/C3H8N2O2S/c6-8(7)5-2-1-4-3-5/h4H,1-3H2,(H,6,7). The van der Waals surface area contributed by atoms with Gasteiger partial charge in [0.05, 0.1) is 6.67 Å². The van der Waals surface area contributed by atoms with Crippen LogP contribution in [0.4, 0.5) is 0 Å². The molecular formula is C3H8N2O2S. The molecule has 1 aliphatic rings. The molecule has 0 amide bonds. The zero-order valence-corrected chi connectivity index (χ0v) is 5.15. The van der Waals surface area contributed by atoms with Crippen LogP contribution in [0, 0.1) is 0 Å². The molecule has 1 atom stereocenters. The van der Waals surface area contributed by atoms with Crippen LogP contribution in [0.15, 0.2) is 0 Å². The molecule has 0 aromatic carbocycles. The zero-order valence-electron chi connectivity index (χ0n) is 4.33. The third-order valence-electron chi connectivity index (χ3n) is 1.05. The smallest absolute Gasteiger partial charge is 0.235 e. The van der Waals surface area contributed by atoms with Crippen LogP contribution >= 0.6 is 0 Å². The lowest BCUT2D eigenvalue weighted by Gasteiger charge is -2.04. The molecule has 48 valence electrons. The maximum Gasteiger partial charge on any atom is 0.235 e. The molecular weight excluding hydrogens is 128 g/mol. The number of hydrogen-bond acceptors (Lipinski definition) is 2. The third kappa shape index (κ3) is 1.25. The van der Waals surface area contributed by atoms with Crippen molar-refractivity contribution in [3.05, 3.63) is 0 Å². The maximum absolute atomic E-state index is 10.2. The van der Waals surface area contributed by atoms with Crippen LogP contribution in [-0.2, 0) is 11.3 Å². The van der Waals surface area contributed by atoms with Crippen molar-refractivity contribution in [2.75, 3.05) is 19.8 Å². The minimum atomic E-state index is -1.77. The van der Waals surface area contributed by atoms with Gasteiger partial charge in [-0.15, -0.1) is 0 Å². The van der Waals surface area contributed by atoms with Gasteiger partial charge in [0.25, 0.3) is 0 Å². The molecule has 1 saturated heterocycles. The summed E-state index contributed by atoms with van der Waals surface area (Å²) in [6, 6.07) is 0. The first kappa shape index (κ1) is 6.15.